The van der Waals surface area contributed by atoms with E-state index in [1.54, 1.807) is 0 Å². The van der Waals surface area contributed by atoms with Gasteiger partial charge in [-0.3, -0.25) is 0 Å². The van der Waals surface area contributed by atoms with Gasteiger partial charge in [0, 0.05) is 0 Å². The Bertz CT molecular complexity index is 66.5. The number of carbonyl (C=O) groups excluding carboxylic acids is 1. The largest absolute Gasteiger partial charge is 0.308 e. The molecule has 0 aromatic heterocycles. The summed E-state index contributed by atoms with van der Waals surface area (Å²) >= 11 is 0. The van der Waals surface area contributed by atoms with E-state index in [-0.39, 0.29) is 6.04 Å². The Kier molecular flexibility index (Phi) is 1.42. The maximum atomic E-state index is 9.94. The average molecular weight is 99.1 g/mol. The summed E-state index contributed by atoms with van der Waals surface area (Å²) in [5, 5.41) is 3.04. The van der Waals surface area contributed by atoms with Crippen molar-refractivity contribution >= 4 is 6.29 Å². The molecule has 0 unspecified atom stereocenters. The maximum Gasteiger partial charge on any atom is 0.136 e. The van der Waals surface area contributed by atoms with E-state index in [1.807, 2.05) is 0 Å². The number of nitrogens with one attached hydrogen (secondary N) is 1. The SMILES string of the molecule is O=C[C@H]1CCCN1. The van der Waals surface area contributed by atoms with Crippen LogP contribution in [0.1, 0.15) is 12.8 Å². The van der Waals surface area contributed by atoms with Crippen molar-refractivity contribution in [2.75, 3.05) is 6.54 Å². The first-order chi connectivity index (χ1) is 3.43. The highest BCUT2D eigenvalue weighted by Crippen LogP contribution is 2.00. The first-order valence-electron chi connectivity index (χ1n) is 2.62. The van der Waals surface area contributed by atoms with Crippen LogP contribution in [0.25, 0.3) is 0 Å². The molecule has 0 aromatic carbocycles. The Morgan fingerprint density at radius 3 is 2.86 bits per heavy atom. The Hall–Kier alpha value is -0.370. The molecule has 1 heterocycles. The molecular weight excluding hydrogens is 90.1 g/mol. The summed E-state index contributed by atoms with van der Waals surface area (Å²) < 4.78 is 0. The molecule has 1 aliphatic heterocycles. The predicted octanol–water partition coefficient (Wildman–Crippen LogP) is -0.0627. The summed E-state index contributed by atoms with van der Waals surface area (Å²) in [6.45, 7) is 1.02. The van der Waals surface area contributed by atoms with E-state index in [0.717, 1.165) is 25.7 Å². The number of carbonyl (C=O) groups is 1. The fourth-order valence-corrected chi connectivity index (χ4v) is 0.828. The fourth-order valence-electron chi connectivity index (χ4n) is 0.828. The van der Waals surface area contributed by atoms with Gasteiger partial charge in [-0.15, -0.1) is 0 Å². The molecule has 0 spiro atoms. The molecule has 0 aromatic rings. The van der Waals surface area contributed by atoms with E-state index < -0.39 is 0 Å². The second-order valence-electron chi connectivity index (χ2n) is 1.84. The Labute approximate surface area is 42.9 Å². The van der Waals surface area contributed by atoms with Crippen molar-refractivity contribution in [3.05, 3.63) is 0 Å². The summed E-state index contributed by atoms with van der Waals surface area (Å²) in [5.41, 5.74) is 0. The van der Waals surface area contributed by atoms with Gasteiger partial charge in [0.15, 0.2) is 0 Å². The van der Waals surface area contributed by atoms with Crippen molar-refractivity contribution in [1.82, 2.24) is 5.32 Å². The minimum absolute atomic E-state index is 0.167. The highest BCUT2D eigenvalue weighted by molar-refractivity contribution is 5.57. The van der Waals surface area contributed by atoms with Gasteiger partial charge in [0.25, 0.3) is 0 Å². The standard InChI is InChI=1S/C5H9NO/c7-4-5-2-1-3-6-5/h4-6H,1-3H2/t5-/m1/s1. The van der Waals surface area contributed by atoms with Crippen LogP contribution in [0.4, 0.5) is 0 Å². The summed E-state index contributed by atoms with van der Waals surface area (Å²) in [4.78, 5) is 9.94. The molecule has 1 N–H and O–H groups in total. The molecule has 2 heteroatoms. The molecule has 0 aliphatic carbocycles. The van der Waals surface area contributed by atoms with Gasteiger partial charge in [-0.1, -0.05) is 0 Å². The van der Waals surface area contributed by atoms with E-state index in [4.69, 9.17) is 0 Å². The number of rotatable bonds is 1. The monoisotopic (exact) mass is 99.1 g/mol. The second-order valence-corrected chi connectivity index (χ2v) is 1.84. The van der Waals surface area contributed by atoms with Crippen LogP contribution in [0.3, 0.4) is 0 Å². The number of hydrogen-bond acceptors (Lipinski definition) is 2. The number of hydrogen-bond donors (Lipinski definition) is 1. The Morgan fingerprint density at radius 1 is 1.71 bits per heavy atom. The van der Waals surface area contributed by atoms with Crippen LogP contribution in [0.5, 0.6) is 0 Å². The zero-order chi connectivity index (χ0) is 5.11. The molecule has 0 radical (unpaired) electrons. The van der Waals surface area contributed by atoms with E-state index in [1.165, 1.54) is 0 Å². The lowest BCUT2D eigenvalue weighted by Crippen LogP contribution is -2.21. The van der Waals surface area contributed by atoms with Gasteiger partial charge in [0.1, 0.15) is 6.29 Å². The molecule has 1 saturated heterocycles. The summed E-state index contributed by atoms with van der Waals surface area (Å²) in [7, 11) is 0. The van der Waals surface area contributed by atoms with Gasteiger partial charge in [0.2, 0.25) is 0 Å². The van der Waals surface area contributed by atoms with Crippen molar-refractivity contribution in [2.24, 2.45) is 0 Å². The van der Waals surface area contributed by atoms with Crippen LogP contribution in [-0.4, -0.2) is 18.9 Å². The van der Waals surface area contributed by atoms with Crippen molar-refractivity contribution in [3.63, 3.8) is 0 Å². The van der Waals surface area contributed by atoms with Gasteiger partial charge in [-0.2, -0.15) is 0 Å². The quantitative estimate of drug-likeness (QED) is 0.466. The molecule has 2 nitrogen and oxygen atoms in total. The van der Waals surface area contributed by atoms with Gasteiger partial charge >= 0.3 is 0 Å². The smallest absolute Gasteiger partial charge is 0.136 e. The van der Waals surface area contributed by atoms with Crippen LogP contribution in [0, 0.1) is 0 Å². The lowest BCUT2D eigenvalue weighted by Gasteiger charge is -1.93. The summed E-state index contributed by atoms with van der Waals surface area (Å²) in [5.74, 6) is 0. The molecule has 1 fully saturated rings. The molecular formula is C5H9NO. The molecule has 1 atom stereocenters. The van der Waals surface area contributed by atoms with E-state index >= 15 is 0 Å². The molecule has 40 valence electrons. The molecule has 1 rings (SSSR count). The fraction of sp³-hybridized carbons (Fsp3) is 0.800. The lowest BCUT2D eigenvalue weighted by molar-refractivity contribution is -0.109. The van der Waals surface area contributed by atoms with Crippen molar-refractivity contribution in [1.29, 1.82) is 0 Å². The van der Waals surface area contributed by atoms with E-state index in [2.05, 4.69) is 5.32 Å². The van der Waals surface area contributed by atoms with Crippen LogP contribution in [0.2, 0.25) is 0 Å². The second kappa shape index (κ2) is 2.07. The molecule has 1 aliphatic rings. The van der Waals surface area contributed by atoms with E-state index in [0.29, 0.717) is 0 Å². The summed E-state index contributed by atoms with van der Waals surface area (Å²) in [6.07, 6.45) is 3.17. The van der Waals surface area contributed by atoms with Crippen molar-refractivity contribution < 1.29 is 4.79 Å². The third-order valence-electron chi connectivity index (χ3n) is 1.26. The van der Waals surface area contributed by atoms with Gasteiger partial charge in [-0.25, -0.2) is 0 Å². The molecule has 0 saturated carbocycles. The van der Waals surface area contributed by atoms with Crippen LogP contribution in [-0.2, 0) is 4.79 Å². The zero-order valence-electron chi connectivity index (χ0n) is 4.18. The van der Waals surface area contributed by atoms with E-state index in [9.17, 15) is 4.79 Å². The molecule has 7 heavy (non-hydrogen) atoms. The predicted molar refractivity (Wildman–Crippen MR) is 27.1 cm³/mol. The van der Waals surface area contributed by atoms with Crippen molar-refractivity contribution in [3.8, 4) is 0 Å². The number of aldehydes is 1. The maximum absolute atomic E-state index is 9.94. The Balaban J connectivity index is 2.26. The highest BCUT2D eigenvalue weighted by Gasteiger charge is 2.10. The van der Waals surface area contributed by atoms with Crippen LogP contribution in [0.15, 0.2) is 0 Å². The van der Waals surface area contributed by atoms with Crippen LogP contribution < -0.4 is 5.32 Å². The molecule has 0 amide bonds. The Morgan fingerprint density at radius 2 is 2.57 bits per heavy atom. The first kappa shape index (κ1) is 4.78. The third kappa shape index (κ3) is 0.996. The van der Waals surface area contributed by atoms with Gasteiger partial charge < -0.3 is 10.1 Å². The molecule has 0 bridgehead atoms. The average Bonchev–Trinajstić information content (AvgIpc) is 2.14. The highest BCUT2D eigenvalue weighted by atomic mass is 16.1. The minimum atomic E-state index is 0.167. The van der Waals surface area contributed by atoms with Gasteiger partial charge in [0.05, 0.1) is 6.04 Å². The van der Waals surface area contributed by atoms with Crippen LogP contribution >= 0.6 is 0 Å². The minimum Gasteiger partial charge on any atom is -0.308 e. The third-order valence-corrected chi connectivity index (χ3v) is 1.26. The van der Waals surface area contributed by atoms with Gasteiger partial charge in [-0.05, 0) is 19.4 Å². The topological polar surface area (TPSA) is 29.1 Å². The van der Waals surface area contributed by atoms with Crippen molar-refractivity contribution in [2.45, 2.75) is 18.9 Å². The normalized spacial score (nSPS) is 30.6. The lowest BCUT2D eigenvalue weighted by atomic mass is 10.2. The summed E-state index contributed by atoms with van der Waals surface area (Å²) in [6, 6.07) is 0.167. The zero-order valence-corrected chi connectivity index (χ0v) is 4.18. The first-order valence-corrected chi connectivity index (χ1v) is 2.62.